The maximum Gasteiger partial charge on any atom is 0.233 e. The van der Waals surface area contributed by atoms with Crippen LogP contribution in [0.2, 0.25) is 0 Å². The first-order valence-electron chi connectivity index (χ1n) is 10.4. The number of rotatable bonds is 6. The van der Waals surface area contributed by atoms with Gasteiger partial charge in [0, 0.05) is 25.7 Å². The molecule has 7 nitrogen and oxygen atoms in total. The van der Waals surface area contributed by atoms with E-state index in [9.17, 15) is 9.59 Å². The minimum absolute atomic E-state index is 0.0261. The third-order valence-corrected chi connectivity index (χ3v) is 6.67. The predicted octanol–water partition coefficient (Wildman–Crippen LogP) is 0.443. The molecule has 2 amide bonds. The van der Waals surface area contributed by atoms with Gasteiger partial charge in [-0.1, -0.05) is 12.2 Å². The lowest BCUT2D eigenvalue weighted by atomic mass is 9.85. The Kier molecular flexibility index (Phi) is 5.21. The minimum Gasteiger partial charge on any atom is -0.357 e. The summed E-state index contributed by atoms with van der Waals surface area (Å²) in [5.74, 6) is 1.16. The molecule has 27 heavy (non-hydrogen) atoms. The third-order valence-electron chi connectivity index (χ3n) is 6.67. The molecule has 4 aliphatic rings. The van der Waals surface area contributed by atoms with Gasteiger partial charge in [0.15, 0.2) is 5.96 Å². The maximum atomic E-state index is 12.7. The van der Waals surface area contributed by atoms with Crippen LogP contribution in [0.5, 0.6) is 0 Å². The summed E-state index contributed by atoms with van der Waals surface area (Å²) in [6, 6.07) is 0.504. The molecule has 1 saturated carbocycles. The molecule has 5 atom stereocenters. The number of fused-ring (bicyclic) bond motifs is 5. The first-order chi connectivity index (χ1) is 13.1. The molecule has 5 unspecified atom stereocenters. The lowest BCUT2D eigenvalue weighted by molar-refractivity contribution is -0.140. The second kappa shape index (κ2) is 7.62. The number of guanidine groups is 1. The van der Waals surface area contributed by atoms with Gasteiger partial charge < -0.3 is 15.5 Å². The highest BCUT2D eigenvalue weighted by Crippen LogP contribution is 2.52. The number of carbonyl (C=O) groups excluding carboxylic acids is 2. The Morgan fingerprint density at radius 2 is 1.89 bits per heavy atom. The van der Waals surface area contributed by atoms with Crippen LogP contribution in [0.4, 0.5) is 0 Å². The molecule has 2 bridgehead atoms. The van der Waals surface area contributed by atoms with E-state index in [0.29, 0.717) is 19.1 Å². The second-order valence-corrected chi connectivity index (χ2v) is 8.25. The van der Waals surface area contributed by atoms with Crippen molar-refractivity contribution in [1.29, 1.82) is 0 Å². The van der Waals surface area contributed by atoms with Crippen LogP contribution in [-0.4, -0.2) is 73.4 Å². The summed E-state index contributed by atoms with van der Waals surface area (Å²) in [6.45, 7) is 5.68. The summed E-state index contributed by atoms with van der Waals surface area (Å²) in [7, 11) is 2.15. The summed E-state index contributed by atoms with van der Waals surface area (Å²) in [5.41, 5.74) is 0. The van der Waals surface area contributed by atoms with Gasteiger partial charge in [0.25, 0.3) is 0 Å². The minimum atomic E-state index is -0.104. The molecule has 3 fully saturated rings. The molecule has 2 N–H and O–H groups in total. The van der Waals surface area contributed by atoms with Crippen LogP contribution in [0.15, 0.2) is 17.1 Å². The van der Waals surface area contributed by atoms with E-state index in [4.69, 9.17) is 4.99 Å². The number of nitrogens with one attached hydrogen (secondary N) is 2. The average Bonchev–Trinajstić information content (AvgIpc) is 3.41. The lowest BCUT2D eigenvalue weighted by Gasteiger charge is -2.20. The van der Waals surface area contributed by atoms with E-state index in [-0.39, 0.29) is 35.5 Å². The molecule has 0 aromatic heterocycles. The Bertz CT molecular complexity index is 631. The first-order valence-corrected chi connectivity index (χ1v) is 10.4. The molecule has 7 heteroatoms. The predicted molar refractivity (Wildman–Crippen MR) is 104 cm³/mol. The molecule has 2 saturated heterocycles. The van der Waals surface area contributed by atoms with Crippen molar-refractivity contribution in [2.24, 2.45) is 28.7 Å². The number of amides is 2. The van der Waals surface area contributed by atoms with Crippen LogP contribution in [0.3, 0.4) is 0 Å². The van der Waals surface area contributed by atoms with Crippen LogP contribution in [0.1, 0.15) is 26.2 Å². The van der Waals surface area contributed by atoms with Crippen LogP contribution >= 0.6 is 0 Å². The van der Waals surface area contributed by atoms with Crippen molar-refractivity contribution >= 4 is 17.8 Å². The Hall–Kier alpha value is -1.89. The zero-order valence-corrected chi connectivity index (χ0v) is 16.4. The van der Waals surface area contributed by atoms with Gasteiger partial charge in [-0.3, -0.25) is 19.5 Å². The van der Waals surface area contributed by atoms with E-state index < -0.39 is 0 Å². The van der Waals surface area contributed by atoms with E-state index in [0.717, 1.165) is 32.0 Å². The quantitative estimate of drug-likeness (QED) is 0.306. The topological polar surface area (TPSA) is 77.0 Å². The van der Waals surface area contributed by atoms with Crippen LogP contribution in [0, 0.1) is 23.7 Å². The largest absolute Gasteiger partial charge is 0.357 e. The Balaban J connectivity index is 1.30. The molecular weight excluding hydrogens is 342 g/mol. The first kappa shape index (κ1) is 18.5. The summed E-state index contributed by atoms with van der Waals surface area (Å²) in [5, 5.41) is 6.55. The molecular formula is C20H31N5O2. The fourth-order valence-electron chi connectivity index (χ4n) is 5.22. The van der Waals surface area contributed by atoms with Crippen molar-refractivity contribution in [1.82, 2.24) is 20.4 Å². The second-order valence-electron chi connectivity index (χ2n) is 8.25. The normalized spacial score (nSPS) is 35.4. The van der Waals surface area contributed by atoms with Gasteiger partial charge in [-0.2, -0.15) is 0 Å². The van der Waals surface area contributed by atoms with E-state index in [1.54, 1.807) is 0 Å². The van der Waals surface area contributed by atoms with Crippen molar-refractivity contribution in [2.75, 3.05) is 39.8 Å². The molecule has 2 aliphatic carbocycles. The maximum absolute atomic E-state index is 12.7. The van der Waals surface area contributed by atoms with Gasteiger partial charge in [0.05, 0.1) is 18.4 Å². The Morgan fingerprint density at radius 3 is 2.48 bits per heavy atom. The van der Waals surface area contributed by atoms with Gasteiger partial charge >= 0.3 is 0 Å². The number of hydrogen-bond donors (Lipinski definition) is 2. The van der Waals surface area contributed by atoms with Gasteiger partial charge in [-0.05, 0) is 51.6 Å². The molecule has 2 aliphatic heterocycles. The smallest absolute Gasteiger partial charge is 0.233 e. The average molecular weight is 374 g/mol. The third kappa shape index (κ3) is 3.37. The molecule has 2 heterocycles. The van der Waals surface area contributed by atoms with E-state index in [1.807, 2.05) is 6.92 Å². The summed E-state index contributed by atoms with van der Waals surface area (Å²) in [4.78, 5) is 34.0. The zero-order chi connectivity index (χ0) is 19.0. The lowest BCUT2D eigenvalue weighted by Crippen LogP contribution is -2.44. The van der Waals surface area contributed by atoms with Crippen molar-refractivity contribution < 1.29 is 9.59 Å². The molecule has 0 aromatic carbocycles. The van der Waals surface area contributed by atoms with E-state index in [2.05, 4.69) is 34.7 Å². The highest BCUT2D eigenvalue weighted by Gasteiger charge is 2.58. The monoisotopic (exact) mass is 373 g/mol. The molecule has 0 aromatic rings. The molecule has 0 spiro atoms. The van der Waals surface area contributed by atoms with Crippen molar-refractivity contribution in [3.8, 4) is 0 Å². The number of aliphatic imine (C=N–C) groups is 1. The highest BCUT2D eigenvalue weighted by atomic mass is 16.2. The SMILES string of the molecule is CCNC(=NCC1CCCN1C)NCCN1C(=O)C2C3C=CC(C3)C2C1=O. The van der Waals surface area contributed by atoms with Gasteiger partial charge in [0.1, 0.15) is 0 Å². The fourth-order valence-corrected chi connectivity index (χ4v) is 5.22. The molecule has 148 valence electrons. The van der Waals surface area contributed by atoms with Crippen LogP contribution in [0.25, 0.3) is 0 Å². The van der Waals surface area contributed by atoms with E-state index >= 15 is 0 Å². The Morgan fingerprint density at radius 1 is 1.19 bits per heavy atom. The van der Waals surface area contributed by atoms with Gasteiger partial charge in [-0.25, -0.2) is 0 Å². The van der Waals surface area contributed by atoms with E-state index in [1.165, 1.54) is 17.7 Å². The number of carbonyl (C=O) groups is 2. The number of likely N-dealkylation sites (tertiary alicyclic amines) is 2. The standard InChI is InChI=1S/C20H31N5O2/c1-3-21-20(23-12-15-5-4-9-24(15)2)22-8-10-25-18(26)16-13-6-7-14(11-13)17(16)19(25)27/h6-7,13-17H,3-5,8-12H2,1-2H3,(H2,21,22,23). The van der Waals surface area contributed by atoms with Crippen LogP contribution in [-0.2, 0) is 9.59 Å². The Labute approximate surface area is 161 Å². The van der Waals surface area contributed by atoms with Crippen molar-refractivity contribution in [3.63, 3.8) is 0 Å². The van der Waals surface area contributed by atoms with Gasteiger partial charge in [0.2, 0.25) is 11.8 Å². The van der Waals surface area contributed by atoms with Crippen molar-refractivity contribution in [3.05, 3.63) is 12.2 Å². The summed E-state index contributed by atoms with van der Waals surface area (Å²) in [6.07, 6.45) is 7.67. The number of likely N-dealkylation sites (N-methyl/N-ethyl adjacent to an activating group) is 1. The fraction of sp³-hybridized carbons (Fsp3) is 0.750. The number of imide groups is 1. The summed E-state index contributed by atoms with van der Waals surface area (Å²) >= 11 is 0. The zero-order valence-electron chi connectivity index (χ0n) is 16.4. The summed E-state index contributed by atoms with van der Waals surface area (Å²) < 4.78 is 0. The number of hydrogen-bond acceptors (Lipinski definition) is 4. The number of allylic oxidation sites excluding steroid dienone is 2. The molecule has 0 radical (unpaired) electrons. The molecule has 4 rings (SSSR count). The number of nitrogens with zero attached hydrogens (tertiary/aromatic N) is 3. The highest BCUT2D eigenvalue weighted by molar-refractivity contribution is 6.06. The van der Waals surface area contributed by atoms with Crippen molar-refractivity contribution in [2.45, 2.75) is 32.2 Å². The van der Waals surface area contributed by atoms with Crippen LogP contribution < -0.4 is 10.6 Å². The van der Waals surface area contributed by atoms with Gasteiger partial charge in [-0.15, -0.1) is 0 Å².